The second kappa shape index (κ2) is 8.60. The molecular weight excluding hydrogens is 258 g/mol. The predicted octanol–water partition coefficient (Wildman–Crippen LogP) is 3.64. The number of benzene rings is 2. The maximum atomic E-state index is 9.06. The molecule has 2 aromatic rings. The topological polar surface area (TPSA) is 32.3 Å². The maximum absolute atomic E-state index is 9.06. The highest BCUT2D eigenvalue weighted by atomic mass is 16.2. The monoisotopic (exact) mass is 283 g/mol. The molecule has 0 saturated heterocycles. The van der Waals surface area contributed by atoms with Gasteiger partial charge in [0.25, 0.3) is 0 Å². The normalized spacial score (nSPS) is 12.3. The van der Waals surface area contributed by atoms with Crippen molar-refractivity contribution in [2.45, 2.75) is 32.2 Å². The first kappa shape index (κ1) is 15.7. The van der Waals surface area contributed by atoms with Gasteiger partial charge in [-0.25, -0.2) is 0 Å². The van der Waals surface area contributed by atoms with Crippen molar-refractivity contribution in [3.63, 3.8) is 0 Å². The lowest BCUT2D eigenvalue weighted by atomic mass is 10.0. The first-order valence-corrected chi connectivity index (χ1v) is 7.74. The minimum Gasteiger partial charge on any atom is -0.396 e. The van der Waals surface area contributed by atoms with Crippen molar-refractivity contribution in [3.05, 3.63) is 71.3 Å². The summed E-state index contributed by atoms with van der Waals surface area (Å²) in [6.07, 6.45) is 2.83. The lowest BCUT2D eigenvalue weighted by Crippen LogP contribution is -2.24. The van der Waals surface area contributed by atoms with Crippen LogP contribution < -0.4 is 5.32 Å². The Morgan fingerprint density at radius 1 is 1.00 bits per heavy atom. The van der Waals surface area contributed by atoms with Crippen LogP contribution in [0.1, 0.15) is 35.6 Å². The standard InChI is InChI=1S/C19H25NO/c1-16-9-11-17(12-10-16)13-14-20-19(8-5-15-21)18-6-3-2-4-7-18/h2-4,6-7,9-12,19-21H,5,8,13-15H2,1H3. The van der Waals surface area contributed by atoms with Crippen molar-refractivity contribution in [1.29, 1.82) is 0 Å². The molecule has 1 unspecified atom stereocenters. The predicted molar refractivity (Wildman–Crippen MR) is 88.4 cm³/mol. The molecule has 0 aliphatic carbocycles. The smallest absolute Gasteiger partial charge is 0.0431 e. The molecule has 0 aromatic heterocycles. The summed E-state index contributed by atoms with van der Waals surface area (Å²) < 4.78 is 0. The SMILES string of the molecule is Cc1ccc(CCNC(CCCO)c2ccccc2)cc1. The van der Waals surface area contributed by atoms with Crippen molar-refractivity contribution < 1.29 is 5.11 Å². The number of aryl methyl sites for hydroxylation is 1. The van der Waals surface area contributed by atoms with Gasteiger partial charge in [-0.15, -0.1) is 0 Å². The van der Waals surface area contributed by atoms with Crippen LogP contribution >= 0.6 is 0 Å². The average molecular weight is 283 g/mol. The number of aliphatic hydroxyl groups excluding tert-OH is 1. The van der Waals surface area contributed by atoms with Gasteiger partial charge in [0.15, 0.2) is 0 Å². The minimum atomic E-state index is 0.253. The molecule has 21 heavy (non-hydrogen) atoms. The third-order valence-corrected chi connectivity index (χ3v) is 3.78. The van der Waals surface area contributed by atoms with Crippen LogP contribution in [0.15, 0.2) is 54.6 Å². The zero-order chi connectivity index (χ0) is 14.9. The number of hydrogen-bond acceptors (Lipinski definition) is 2. The molecule has 2 heteroatoms. The highest BCUT2D eigenvalue weighted by Gasteiger charge is 2.09. The van der Waals surface area contributed by atoms with E-state index in [4.69, 9.17) is 5.11 Å². The Morgan fingerprint density at radius 2 is 1.71 bits per heavy atom. The van der Waals surface area contributed by atoms with Gasteiger partial charge < -0.3 is 10.4 Å². The van der Waals surface area contributed by atoms with Crippen LogP contribution in [0.25, 0.3) is 0 Å². The van der Waals surface area contributed by atoms with Gasteiger partial charge >= 0.3 is 0 Å². The third kappa shape index (κ3) is 5.33. The van der Waals surface area contributed by atoms with Crippen LogP contribution in [0, 0.1) is 6.92 Å². The lowest BCUT2D eigenvalue weighted by molar-refractivity contribution is 0.275. The summed E-state index contributed by atoms with van der Waals surface area (Å²) in [5.41, 5.74) is 3.97. The molecule has 0 heterocycles. The molecule has 0 aliphatic heterocycles. The zero-order valence-electron chi connectivity index (χ0n) is 12.8. The number of rotatable bonds is 8. The van der Waals surface area contributed by atoms with E-state index in [2.05, 4.69) is 60.8 Å². The van der Waals surface area contributed by atoms with Gasteiger partial charge in [0, 0.05) is 12.6 Å². The highest BCUT2D eigenvalue weighted by Crippen LogP contribution is 2.18. The second-order valence-electron chi connectivity index (χ2n) is 5.52. The van der Waals surface area contributed by atoms with Gasteiger partial charge in [0.2, 0.25) is 0 Å². The van der Waals surface area contributed by atoms with Crippen LogP contribution in [0.3, 0.4) is 0 Å². The van der Waals surface area contributed by atoms with Crippen LogP contribution in [-0.4, -0.2) is 18.3 Å². The minimum absolute atomic E-state index is 0.253. The molecule has 0 fully saturated rings. The third-order valence-electron chi connectivity index (χ3n) is 3.78. The highest BCUT2D eigenvalue weighted by molar-refractivity contribution is 5.22. The molecule has 2 rings (SSSR count). The van der Waals surface area contributed by atoms with Gasteiger partial charge in [-0.3, -0.25) is 0 Å². The molecule has 2 N–H and O–H groups in total. The largest absolute Gasteiger partial charge is 0.396 e. The molecule has 2 aromatic carbocycles. The lowest BCUT2D eigenvalue weighted by Gasteiger charge is -2.19. The van der Waals surface area contributed by atoms with E-state index in [1.807, 2.05) is 6.07 Å². The fourth-order valence-corrected chi connectivity index (χ4v) is 2.51. The molecule has 2 nitrogen and oxygen atoms in total. The molecule has 112 valence electrons. The number of hydrogen-bond donors (Lipinski definition) is 2. The van der Waals surface area contributed by atoms with Crippen LogP contribution in [-0.2, 0) is 6.42 Å². The van der Waals surface area contributed by atoms with Gasteiger partial charge in [-0.1, -0.05) is 60.2 Å². The fourth-order valence-electron chi connectivity index (χ4n) is 2.51. The Kier molecular flexibility index (Phi) is 6.45. The van der Waals surface area contributed by atoms with Gasteiger partial charge in [-0.05, 0) is 43.9 Å². The van der Waals surface area contributed by atoms with Crippen LogP contribution in [0.4, 0.5) is 0 Å². The summed E-state index contributed by atoms with van der Waals surface area (Å²) in [5, 5.41) is 12.7. The second-order valence-corrected chi connectivity index (χ2v) is 5.52. The van der Waals surface area contributed by atoms with E-state index < -0.39 is 0 Å². The Morgan fingerprint density at radius 3 is 2.38 bits per heavy atom. The summed E-state index contributed by atoms with van der Waals surface area (Å²) >= 11 is 0. The van der Waals surface area contributed by atoms with E-state index in [0.717, 1.165) is 25.8 Å². The van der Waals surface area contributed by atoms with Gasteiger partial charge in [-0.2, -0.15) is 0 Å². The Hall–Kier alpha value is -1.64. The van der Waals surface area contributed by atoms with Crippen LogP contribution in [0.5, 0.6) is 0 Å². The first-order chi connectivity index (χ1) is 10.3. The van der Waals surface area contributed by atoms with E-state index in [1.165, 1.54) is 16.7 Å². The van der Waals surface area contributed by atoms with E-state index in [-0.39, 0.29) is 6.61 Å². The van der Waals surface area contributed by atoms with Crippen LogP contribution in [0.2, 0.25) is 0 Å². The van der Waals surface area contributed by atoms with Crippen molar-refractivity contribution >= 4 is 0 Å². The molecule has 0 aliphatic rings. The molecule has 0 radical (unpaired) electrons. The Bertz CT molecular complexity index is 507. The molecular formula is C19H25NO. The molecule has 1 atom stereocenters. The van der Waals surface area contributed by atoms with Crippen molar-refractivity contribution in [3.8, 4) is 0 Å². The van der Waals surface area contributed by atoms with E-state index >= 15 is 0 Å². The van der Waals surface area contributed by atoms with Gasteiger partial charge in [0.1, 0.15) is 0 Å². The van der Waals surface area contributed by atoms with E-state index in [0.29, 0.717) is 6.04 Å². The average Bonchev–Trinajstić information content (AvgIpc) is 2.53. The van der Waals surface area contributed by atoms with Crippen molar-refractivity contribution in [1.82, 2.24) is 5.32 Å². The zero-order valence-corrected chi connectivity index (χ0v) is 12.8. The Balaban J connectivity index is 1.88. The summed E-state index contributed by atoms with van der Waals surface area (Å²) in [5.74, 6) is 0. The quantitative estimate of drug-likeness (QED) is 0.775. The van der Waals surface area contributed by atoms with Gasteiger partial charge in [0.05, 0.1) is 0 Å². The molecule has 0 amide bonds. The number of nitrogens with one attached hydrogen (secondary N) is 1. The molecule has 0 bridgehead atoms. The van der Waals surface area contributed by atoms with E-state index in [9.17, 15) is 0 Å². The van der Waals surface area contributed by atoms with Crippen molar-refractivity contribution in [2.75, 3.05) is 13.2 Å². The number of aliphatic hydroxyl groups is 1. The summed E-state index contributed by atoms with van der Waals surface area (Å²) in [6.45, 7) is 3.32. The Labute approximate surface area is 127 Å². The summed E-state index contributed by atoms with van der Waals surface area (Å²) in [6, 6.07) is 19.5. The summed E-state index contributed by atoms with van der Waals surface area (Å²) in [4.78, 5) is 0. The summed E-state index contributed by atoms with van der Waals surface area (Å²) in [7, 11) is 0. The molecule has 0 spiro atoms. The molecule has 0 saturated carbocycles. The van der Waals surface area contributed by atoms with E-state index in [1.54, 1.807) is 0 Å². The maximum Gasteiger partial charge on any atom is 0.0431 e. The first-order valence-electron chi connectivity index (χ1n) is 7.74. The van der Waals surface area contributed by atoms with Crippen molar-refractivity contribution in [2.24, 2.45) is 0 Å². The fraction of sp³-hybridized carbons (Fsp3) is 0.368.